The van der Waals surface area contributed by atoms with Gasteiger partial charge in [0.05, 0.1) is 28.5 Å². The van der Waals surface area contributed by atoms with Crippen LogP contribution in [0.1, 0.15) is 42.9 Å². The number of unbranched alkanes of at least 4 members (excludes halogenated alkanes) is 1. The van der Waals surface area contributed by atoms with Crippen LogP contribution in [0.5, 0.6) is 11.5 Å². The minimum Gasteiger partial charge on any atom is -0.508 e. The molecule has 0 radical (unpaired) electrons. The molecule has 0 saturated carbocycles. The highest BCUT2D eigenvalue weighted by atomic mass is 33.7. The van der Waals surface area contributed by atoms with E-state index in [0.29, 0.717) is 28.9 Å². The van der Waals surface area contributed by atoms with Crippen LogP contribution in [0.25, 0.3) is 17.2 Å². The van der Waals surface area contributed by atoms with Gasteiger partial charge in [-0.25, -0.2) is 9.18 Å². The molecule has 11 nitrogen and oxygen atoms in total. The molecule has 0 bridgehead atoms. The lowest BCUT2D eigenvalue weighted by molar-refractivity contribution is -0.757. The molecular formula is C39H36FNO10P2S5. The largest absolute Gasteiger partial charge is 0.508 e. The van der Waals surface area contributed by atoms with Gasteiger partial charge in [0.1, 0.15) is 17.3 Å². The molecule has 1 aliphatic heterocycles. The van der Waals surface area contributed by atoms with Crippen molar-refractivity contribution in [2.24, 2.45) is 0 Å². The van der Waals surface area contributed by atoms with Gasteiger partial charge >= 0.3 is 11.9 Å². The Morgan fingerprint density at radius 3 is 2.17 bits per heavy atom. The predicted octanol–water partition coefficient (Wildman–Crippen LogP) is 8.56. The molecule has 304 valence electrons. The number of ether oxygens (including phenoxy) is 3. The number of allylic oxidation sites excluding steroid dienone is 2. The Bertz CT molecular complexity index is 2400. The minimum atomic E-state index is -2.11. The fourth-order valence-electron chi connectivity index (χ4n) is 6.03. The van der Waals surface area contributed by atoms with Gasteiger partial charge in [0.2, 0.25) is 6.10 Å². The molecule has 1 saturated heterocycles. The second-order valence-electron chi connectivity index (χ2n) is 13.0. The van der Waals surface area contributed by atoms with E-state index in [9.17, 15) is 33.4 Å². The van der Waals surface area contributed by atoms with Crippen molar-refractivity contribution in [3.05, 3.63) is 129 Å². The van der Waals surface area contributed by atoms with Crippen LogP contribution >= 0.6 is 30.9 Å². The van der Waals surface area contributed by atoms with Crippen molar-refractivity contribution in [3.8, 4) is 11.5 Å². The van der Waals surface area contributed by atoms with Crippen molar-refractivity contribution in [1.82, 2.24) is 0 Å². The smallest absolute Gasteiger partial charge is 0.355 e. The second kappa shape index (κ2) is 19.2. The molecule has 1 heterocycles. The zero-order valence-corrected chi connectivity index (χ0v) is 36.8. The van der Waals surface area contributed by atoms with Crippen LogP contribution in [0.3, 0.4) is 0 Å². The molecule has 2 unspecified atom stereocenters. The number of fused-ring (bicyclic) bond motifs is 1. The van der Waals surface area contributed by atoms with Gasteiger partial charge in [-0.2, -0.15) is 0 Å². The molecule has 0 spiro atoms. The maximum atomic E-state index is 14.6. The number of hydrogen-bond donors (Lipinski definition) is 1. The number of esters is 2. The number of carbonyl (C=O) groups is 2. The monoisotopic (exact) mass is 919 g/mol. The third-order valence-electron chi connectivity index (χ3n) is 8.95. The summed E-state index contributed by atoms with van der Waals surface area (Å²) in [4.78, 5) is 42.6. The molecule has 6 rings (SSSR count). The van der Waals surface area contributed by atoms with E-state index in [1.54, 1.807) is 82.9 Å². The van der Waals surface area contributed by atoms with E-state index >= 15 is 0 Å². The van der Waals surface area contributed by atoms with Crippen LogP contribution in [-0.2, 0) is 58.3 Å². The van der Waals surface area contributed by atoms with Crippen molar-refractivity contribution in [2.75, 3.05) is 26.1 Å². The number of nitrogens with zero attached hydrogens (tertiary/aromatic N) is 1. The molecule has 19 heteroatoms. The fourth-order valence-corrected chi connectivity index (χ4v) is 48.8. The molecule has 4 aromatic rings. The van der Waals surface area contributed by atoms with Crippen molar-refractivity contribution in [1.29, 1.82) is 0 Å². The number of carbonyl (C=O) groups excluding carboxylic acids is 2. The van der Waals surface area contributed by atoms with Gasteiger partial charge in [-0.3, -0.25) is 9.00 Å². The third kappa shape index (κ3) is 10.7. The van der Waals surface area contributed by atoms with Crippen LogP contribution in [-0.4, -0.2) is 58.5 Å². The summed E-state index contributed by atoms with van der Waals surface area (Å²) >= 11 is 15.2. The standard InChI is InChI=1S/C39H36FNO10P2S5/c1-25-34(21-26-5-16-32(17-6-26)58(2)47)33-18-7-27(40)22-36(33)35(25)23-38(43)51-37(24-48-19-3-4-20-49-41(45)46)39(44)50-29-10-14-31(15-11-29)53(55)56-52(54,57-53)30-12-8-28(42)9-13-30/h5-18,21-22,37,42H,3-4,19-20,23-24H2,1-2H3/b34-21-. The number of aromatic hydroxyl groups is 1. The van der Waals surface area contributed by atoms with Gasteiger partial charge in [0, 0.05) is 39.2 Å². The number of rotatable bonds is 17. The first-order chi connectivity index (χ1) is 27.6. The second-order valence-corrected chi connectivity index (χ2v) is 35.6. The molecular weight excluding hydrogens is 884 g/mol. The summed E-state index contributed by atoms with van der Waals surface area (Å²) in [6, 6.07) is 25.2. The Kier molecular flexibility index (Phi) is 14.5. The van der Waals surface area contributed by atoms with E-state index in [2.05, 4.69) is 4.84 Å². The van der Waals surface area contributed by atoms with Gasteiger partial charge in [0.15, 0.2) is 0 Å². The lowest BCUT2D eigenvalue weighted by Gasteiger charge is -2.40. The molecule has 4 aromatic carbocycles. The molecule has 2 atom stereocenters. The molecule has 2 aliphatic rings. The van der Waals surface area contributed by atoms with Crippen molar-refractivity contribution < 1.29 is 47.4 Å². The molecule has 0 amide bonds. The number of hydrogen-bond acceptors (Lipinski definition) is 14. The van der Waals surface area contributed by atoms with Gasteiger partial charge < -0.3 is 24.2 Å². The molecule has 0 aromatic heterocycles. The van der Waals surface area contributed by atoms with E-state index in [1.165, 1.54) is 12.1 Å². The average molecular weight is 920 g/mol. The van der Waals surface area contributed by atoms with Gasteiger partial charge in [0.25, 0.3) is 5.09 Å². The Morgan fingerprint density at radius 2 is 1.55 bits per heavy atom. The van der Waals surface area contributed by atoms with Crippen molar-refractivity contribution >= 4 is 105 Å². The Balaban J connectivity index is 1.15. The maximum absolute atomic E-state index is 14.6. The van der Waals surface area contributed by atoms with Crippen molar-refractivity contribution in [3.63, 3.8) is 0 Å². The fraction of sp³-hybridized carbons (Fsp3) is 0.231. The highest BCUT2D eigenvalue weighted by Gasteiger charge is 2.46. The summed E-state index contributed by atoms with van der Waals surface area (Å²) in [6.07, 6.45) is 2.42. The summed E-state index contributed by atoms with van der Waals surface area (Å²) in [6.45, 7) is 1.43. The number of benzene rings is 4. The molecule has 1 aliphatic carbocycles. The predicted molar refractivity (Wildman–Crippen MR) is 236 cm³/mol. The maximum Gasteiger partial charge on any atom is 0.355 e. The van der Waals surface area contributed by atoms with Crippen LogP contribution in [0, 0.1) is 15.9 Å². The van der Waals surface area contributed by atoms with Crippen molar-refractivity contribution in [2.45, 2.75) is 37.2 Å². The number of phenols is 1. The van der Waals surface area contributed by atoms with Gasteiger partial charge in [-0.1, -0.05) is 63.8 Å². The lowest BCUT2D eigenvalue weighted by Crippen LogP contribution is -2.35. The summed E-state index contributed by atoms with van der Waals surface area (Å²) in [5.74, 6) is -1.80. The first-order valence-corrected chi connectivity index (χ1v) is 28.8. The topological polar surface area (TPSA) is 152 Å². The number of halogens is 1. The van der Waals surface area contributed by atoms with Crippen LogP contribution in [0.4, 0.5) is 4.39 Å². The van der Waals surface area contributed by atoms with Gasteiger partial charge in [-0.05, 0) is 132 Å². The summed E-state index contributed by atoms with van der Waals surface area (Å²) < 4.78 is 39.4. The van der Waals surface area contributed by atoms with E-state index in [0.717, 1.165) is 32.9 Å². The highest BCUT2D eigenvalue weighted by Crippen LogP contribution is 3.04. The molecule has 1 fully saturated rings. The molecule has 1 N–H and O–H groups in total. The summed E-state index contributed by atoms with van der Waals surface area (Å²) in [7, 11) is -1.14. The first-order valence-electron chi connectivity index (χ1n) is 17.6. The minimum absolute atomic E-state index is 0.0917. The SMILES string of the molecule is CC1=C(CC(=O)OC(COCCCCO[N+](=O)[O-])C(=O)Oc2ccc(P3(=S)SP(=S)(c4ccc(O)cc4)S3)cc2)c2cc(F)ccc2/C1=C\c1ccc(S(C)=O)cc1. The lowest BCUT2D eigenvalue weighted by atomic mass is 10.0. The zero-order chi connectivity index (χ0) is 41.6. The average Bonchev–Trinajstić information content (AvgIpc) is 3.41. The van der Waals surface area contributed by atoms with E-state index in [4.69, 9.17) is 37.8 Å². The highest BCUT2D eigenvalue weighted by molar-refractivity contribution is 9.48. The first kappa shape index (κ1) is 43.9. The summed E-state index contributed by atoms with van der Waals surface area (Å²) in [5.41, 5.74) is 4.07. The van der Waals surface area contributed by atoms with E-state index < -0.39 is 48.6 Å². The normalized spacial score (nSPS) is 20.2. The number of phenolic OH excluding ortho intramolecular Hbond substituents is 1. The third-order valence-corrected chi connectivity index (χ3v) is 41.1. The molecule has 58 heavy (non-hydrogen) atoms. The Morgan fingerprint density at radius 1 is 0.931 bits per heavy atom. The van der Waals surface area contributed by atoms with E-state index in [1.807, 2.05) is 37.3 Å². The summed E-state index contributed by atoms with van der Waals surface area (Å²) in [5, 5.41) is 21.1. The van der Waals surface area contributed by atoms with Gasteiger partial charge in [-0.15, -0.1) is 10.1 Å². The zero-order valence-electron chi connectivity index (χ0n) is 30.9. The quantitative estimate of drug-likeness (QED) is 0.0269. The van der Waals surface area contributed by atoms with E-state index in [-0.39, 0.29) is 37.7 Å². The van der Waals surface area contributed by atoms with Crippen LogP contribution < -0.4 is 15.3 Å². The Hall–Kier alpha value is -3.66. The van der Waals surface area contributed by atoms with Crippen LogP contribution in [0.15, 0.2) is 101 Å². The Labute approximate surface area is 354 Å². The van der Waals surface area contributed by atoms with Crippen LogP contribution in [0.2, 0.25) is 0 Å².